The highest BCUT2D eigenvalue weighted by atomic mass is 32.2. The van der Waals surface area contributed by atoms with E-state index in [1.54, 1.807) is 12.1 Å². The number of alkyl halides is 3. The van der Waals surface area contributed by atoms with Gasteiger partial charge in [0.1, 0.15) is 5.75 Å². The average Bonchev–Trinajstić information content (AvgIpc) is 2.36. The van der Waals surface area contributed by atoms with Gasteiger partial charge in [-0.25, -0.2) is 0 Å². The highest BCUT2D eigenvalue weighted by Crippen LogP contribution is 2.49. The standard InChI is InChI=1S/C15H17F3O2S/c16-15(17,18)20-11-6-4-10(5-7-11)14(19)8-12-2-1-3-13(9-14)21-12/h4-7,12-13,19H,1-3,8-9H2. The molecule has 2 saturated heterocycles. The minimum Gasteiger partial charge on any atom is -0.406 e. The summed E-state index contributed by atoms with van der Waals surface area (Å²) in [7, 11) is 0. The largest absolute Gasteiger partial charge is 0.573 e. The molecule has 2 heterocycles. The summed E-state index contributed by atoms with van der Waals surface area (Å²) < 4.78 is 40.3. The zero-order valence-electron chi connectivity index (χ0n) is 11.4. The van der Waals surface area contributed by atoms with Crippen molar-refractivity contribution in [2.75, 3.05) is 0 Å². The van der Waals surface area contributed by atoms with Crippen molar-refractivity contribution in [2.24, 2.45) is 0 Å². The Labute approximate surface area is 125 Å². The van der Waals surface area contributed by atoms with Gasteiger partial charge >= 0.3 is 6.36 Å². The molecule has 0 saturated carbocycles. The normalized spacial score (nSPS) is 32.8. The Balaban J connectivity index is 1.77. The van der Waals surface area contributed by atoms with Gasteiger partial charge in [-0.3, -0.25) is 0 Å². The van der Waals surface area contributed by atoms with Crippen LogP contribution in [0, 0.1) is 0 Å². The fraction of sp³-hybridized carbons (Fsp3) is 0.600. The maximum absolute atomic E-state index is 12.2. The number of benzene rings is 1. The highest BCUT2D eigenvalue weighted by molar-refractivity contribution is 8.00. The number of halogens is 3. The molecule has 6 heteroatoms. The lowest BCUT2D eigenvalue weighted by Gasteiger charge is -2.44. The van der Waals surface area contributed by atoms with Gasteiger partial charge in [-0.05, 0) is 43.4 Å². The van der Waals surface area contributed by atoms with E-state index in [0.29, 0.717) is 28.9 Å². The number of hydrogen-bond donors (Lipinski definition) is 1. The lowest BCUT2D eigenvalue weighted by molar-refractivity contribution is -0.274. The Morgan fingerprint density at radius 3 is 2.19 bits per heavy atom. The van der Waals surface area contributed by atoms with E-state index in [9.17, 15) is 18.3 Å². The lowest BCUT2D eigenvalue weighted by Crippen LogP contribution is -2.40. The molecular weight excluding hydrogens is 301 g/mol. The highest BCUT2D eigenvalue weighted by Gasteiger charge is 2.42. The van der Waals surface area contributed by atoms with Crippen molar-refractivity contribution in [3.05, 3.63) is 29.8 Å². The summed E-state index contributed by atoms with van der Waals surface area (Å²) in [6.07, 6.45) is 0.0898. The second-order valence-corrected chi connectivity index (χ2v) is 7.43. The summed E-state index contributed by atoms with van der Waals surface area (Å²) in [6.45, 7) is 0. The van der Waals surface area contributed by atoms with Gasteiger partial charge in [0.15, 0.2) is 0 Å². The number of thioether (sulfide) groups is 1. The number of fused-ring (bicyclic) bond motifs is 2. The second-order valence-electron chi connectivity index (χ2n) is 5.82. The van der Waals surface area contributed by atoms with Crippen LogP contribution >= 0.6 is 11.8 Å². The molecule has 2 nitrogen and oxygen atoms in total. The van der Waals surface area contributed by atoms with Crippen molar-refractivity contribution in [1.29, 1.82) is 0 Å². The third kappa shape index (κ3) is 3.48. The molecule has 2 bridgehead atoms. The van der Waals surface area contributed by atoms with Crippen LogP contribution in [0.2, 0.25) is 0 Å². The van der Waals surface area contributed by atoms with Crippen molar-refractivity contribution >= 4 is 11.8 Å². The maximum Gasteiger partial charge on any atom is 0.573 e. The van der Waals surface area contributed by atoms with Gasteiger partial charge in [-0.15, -0.1) is 13.2 Å². The van der Waals surface area contributed by atoms with Gasteiger partial charge < -0.3 is 9.84 Å². The summed E-state index contributed by atoms with van der Waals surface area (Å²) in [5.74, 6) is -0.250. The monoisotopic (exact) mass is 318 g/mol. The van der Waals surface area contributed by atoms with Gasteiger partial charge in [0.25, 0.3) is 0 Å². The van der Waals surface area contributed by atoms with Crippen molar-refractivity contribution in [2.45, 2.75) is 54.6 Å². The van der Waals surface area contributed by atoms with E-state index in [1.165, 1.54) is 18.6 Å². The van der Waals surface area contributed by atoms with Gasteiger partial charge in [0, 0.05) is 10.5 Å². The Hall–Kier alpha value is -0.880. The zero-order chi connectivity index (χ0) is 15.1. The molecular formula is C15H17F3O2S. The first-order chi connectivity index (χ1) is 9.84. The van der Waals surface area contributed by atoms with Crippen LogP contribution in [0.3, 0.4) is 0 Å². The van der Waals surface area contributed by atoms with Gasteiger partial charge in [0.05, 0.1) is 5.60 Å². The number of ether oxygens (including phenoxy) is 1. The van der Waals surface area contributed by atoms with Crippen molar-refractivity contribution in [1.82, 2.24) is 0 Å². The lowest BCUT2D eigenvalue weighted by atomic mass is 9.80. The Kier molecular flexibility index (Phi) is 3.86. The van der Waals surface area contributed by atoms with Gasteiger partial charge in [-0.2, -0.15) is 11.8 Å². The predicted molar refractivity (Wildman–Crippen MR) is 75.3 cm³/mol. The molecule has 0 amide bonds. The van der Waals surface area contributed by atoms with Gasteiger partial charge in [0.2, 0.25) is 0 Å². The summed E-state index contributed by atoms with van der Waals surface area (Å²) in [5.41, 5.74) is -0.230. The van der Waals surface area contributed by atoms with E-state index in [2.05, 4.69) is 4.74 Å². The molecule has 0 spiro atoms. The smallest absolute Gasteiger partial charge is 0.406 e. The Morgan fingerprint density at radius 1 is 1.10 bits per heavy atom. The average molecular weight is 318 g/mol. The molecule has 1 N–H and O–H groups in total. The fourth-order valence-corrected chi connectivity index (χ4v) is 5.21. The molecule has 1 aromatic rings. The Morgan fingerprint density at radius 2 is 1.67 bits per heavy atom. The molecule has 0 radical (unpaired) electrons. The van der Waals surface area contributed by atoms with Crippen LogP contribution in [-0.4, -0.2) is 22.0 Å². The molecule has 116 valence electrons. The SMILES string of the molecule is OC1(c2ccc(OC(F)(F)F)cc2)CC2CCCC(C1)S2. The first kappa shape index (κ1) is 15.0. The van der Waals surface area contributed by atoms with Crippen LogP contribution in [0.1, 0.15) is 37.7 Å². The molecule has 21 heavy (non-hydrogen) atoms. The molecule has 2 aliphatic heterocycles. The number of hydrogen-bond acceptors (Lipinski definition) is 3. The number of rotatable bonds is 2. The summed E-state index contributed by atoms with van der Waals surface area (Å²) >= 11 is 1.95. The summed E-state index contributed by atoms with van der Waals surface area (Å²) in [6, 6.07) is 5.65. The fourth-order valence-electron chi connectivity index (χ4n) is 3.32. The number of aliphatic hydroxyl groups is 1. The molecule has 1 aromatic carbocycles. The van der Waals surface area contributed by atoms with E-state index < -0.39 is 12.0 Å². The van der Waals surface area contributed by atoms with Crippen molar-refractivity contribution in [3.8, 4) is 5.75 Å². The molecule has 2 unspecified atom stereocenters. The minimum atomic E-state index is -4.68. The van der Waals surface area contributed by atoms with Crippen LogP contribution in [0.25, 0.3) is 0 Å². The molecule has 0 aliphatic carbocycles. The van der Waals surface area contributed by atoms with Crippen LogP contribution in [0.15, 0.2) is 24.3 Å². The van der Waals surface area contributed by atoms with Crippen LogP contribution in [0.5, 0.6) is 5.75 Å². The summed E-state index contributed by atoms with van der Waals surface area (Å²) in [5, 5.41) is 11.8. The van der Waals surface area contributed by atoms with E-state index in [-0.39, 0.29) is 5.75 Å². The quantitative estimate of drug-likeness (QED) is 0.885. The third-order valence-electron chi connectivity index (χ3n) is 4.19. The van der Waals surface area contributed by atoms with Gasteiger partial charge in [-0.1, -0.05) is 18.6 Å². The molecule has 2 atom stereocenters. The van der Waals surface area contributed by atoms with E-state index in [1.807, 2.05) is 11.8 Å². The van der Waals surface area contributed by atoms with Crippen molar-refractivity contribution < 1.29 is 23.0 Å². The first-order valence-corrected chi connectivity index (χ1v) is 8.02. The Bertz CT molecular complexity index is 489. The van der Waals surface area contributed by atoms with E-state index in [4.69, 9.17) is 0 Å². The van der Waals surface area contributed by atoms with E-state index in [0.717, 1.165) is 12.8 Å². The first-order valence-electron chi connectivity index (χ1n) is 7.08. The van der Waals surface area contributed by atoms with E-state index >= 15 is 0 Å². The van der Waals surface area contributed by atoms with Crippen LogP contribution in [-0.2, 0) is 5.60 Å². The predicted octanol–water partition coefficient (Wildman–Crippen LogP) is 4.22. The molecule has 2 fully saturated rings. The molecule has 2 aliphatic rings. The third-order valence-corrected chi connectivity index (χ3v) is 5.77. The second kappa shape index (κ2) is 5.39. The molecule has 0 aromatic heterocycles. The van der Waals surface area contributed by atoms with Crippen LogP contribution in [0.4, 0.5) is 13.2 Å². The zero-order valence-corrected chi connectivity index (χ0v) is 12.2. The minimum absolute atomic E-state index is 0.250. The van der Waals surface area contributed by atoms with Crippen LogP contribution < -0.4 is 4.74 Å². The summed E-state index contributed by atoms with van der Waals surface area (Å²) in [4.78, 5) is 0. The van der Waals surface area contributed by atoms with Crippen molar-refractivity contribution in [3.63, 3.8) is 0 Å². The molecule has 3 rings (SSSR count). The maximum atomic E-state index is 12.2. The topological polar surface area (TPSA) is 29.5 Å².